The average Bonchev–Trinajstić information content (AvgIpc) is 3.19. The van der Waals surface area contributed by atoms with Crippen molar-refractivity contribution < 1.29 is 4.74 Å². The van der Waals surface area contributed by atoms with Gasteiger partial charge in [0.05, 0.1) is 11.8 Å². The molecule has 2 nitrogen and oxygen atoms in total. The van der Waals surface area contributed by atoms with Crippen LogP contribution in [-0.2, 0) is 4.74 Å². The van der Waals surface area contributed by atoms with Crippen molar-refractivity contribution in [2.45, 2.75) is 83.7 Å². The van der Waals surface area contributed by atoms with Gasteiger partial charge in [-0.15, -0.1) is 0 Å². The highest BCUT2D eigenvalue weighted by atomic mass is 16.5. The number of methoxy groups -OCH3 is 1. The lowest BCUT2D eigenvalue weighted by atomic mass is 9.78. The van der Waals surface area contributed by atoms with Gasteiger partial charge in [0.1, 0.15) is 0 Å². The van der Waals surface area contributed by atoms with E-state index in [0.717, 1.165) is 12.8 Å². The van der Waals surface area contributed by atoms with Gasteiger partial charge in [-0.1, -0.05) is 94.4 Å². The van der Waals surface area contributed by atoms with E-state index >= 15 is 0 Å². The molecule has 0 amide bonds. The molecule has 0 N–H and O–H groups in total. The maximum atomic E-state index is 5.94. The number of hydrogen-bond donors (Lipinski definition) is 0. The fraction of sp³-hybridized carbons (Fsp3) is 0.536. The SMILES string of the molecule is CCCCCCCCCC1C=CC(c2ccccc2)=C2N=C3CCCC(OC)C3=C21. The van der Waals surface area contributed by atoms with Crippen molar-refractivity contribution in [1.29, 1.82) is 0 Å². The fourth-order valence-corrected chi connectivity index (χ4v) is 5.30. The van der Waals surface area contributed by atoms with E-state index in [1.165, 1.54) is 91.5 Å². The minimum atomic E-state index is 0.213. The molecule has 0 saturated heterocycles. The van der Waals surface area contributed by atoms with Crippen LogP contribution in [0.25, 0.3) is 5.57 Å². The smallest absolute Gasteiger partial charge is 0.0842 e. The summed E-state index contributed by atoms with van der Waals surface area (Å²) in [5, 5.41) is 0. The molecule has 3 aliphatic rings. The molecule has 30 heavy (non-hydrogen) atoms. The summed E-state index contributed by atoms with van der Waals surface area (Å²) in [4.78, 5) is 5.21. The second kappa shape index (κ2) is 10.4. The Bertz CT molecular complexity index is 843. The predicted octanol–water partition coefficient (Wildman–Crippen LogP) is 7.67. The Labute approximate surface area is 182 Å². The van der Waals surface area contributed by atoms with Crippen LogP contribution in [0.3, 0.4) is 0 Å². The van der Waals surface area contributed by atoms with Crippen LogP contribution in [0.5, 0.6) is 0 Å². The minimum Gasteiger partial charge on any atom is -0.377 e. The van der Waals surface area contributed by atoms with Crippen LogP contribution in [0.2, 0.25) is 0 Å². The molecule has 1 aromatic carbocycles. The van der Waals surface area contributed by atoms with Crippen molar-refractivity contribution in [3.8, 4) is 0 Å². The zero-order chi connectivity index (χ0) is 20.8. The number of nitrogens with zero attached hydrogens (tertiary/aromatic N) is 1. The summed E-state index contributed by atoms with van der Waals surface area (Å²) in [6.45, 7) is 2.29. The molecule has 0 bridgehead atoms. The van der Waals surface area contributed by atoms with Crippen LogP contribution in [0, 0.1) is 5.92 Å². The molecule has 1 saturated carbocycles. The molecule has 2 atom stereocenters. The zero-order valence-electron chi connectivity index (χ0n) is 18.8. The van der Waals surface area contributed by atoms with Crippen molar-refractivity contribution >= 4 is 11.3 Å². The first-order valence-corrected chi connectivity index (χ1v) is 12.2. The molecule has 2 unspecified atom stereocenters. The van der Waals surface area contributed by atoms with Gasteiger partial charge in [-0.25, -0.2) is 0 Å². The Hall–Kier alpha value is -1.93. The third-order valence-electron chi connectivity index (χ3n) is 6.91. The van der Waals surface area contributed by atoms with Gasteiger partial charge in [-0.05, 0) is 36.8 Å². The fourth-order valence-electron chi connectivity index (χ4n) is 5.30. The standard InChI is InChI=1S/C28H37NO/c1-3-4-5-6-7-8-10-16-22-19-20-23(21-14-11-9-12-15-21)28-26(22)27-24(29-28)17-13-18-25(27)30-2/h9,11-12,14-15,19-20,22,25H,3-8,10,13,16-18H2,1-2H3. The molecule has 2 aliphatic carbocycles. The van der Waals surface area contributed by atoms with Gasteiger partial charge >= 0.3 is 0 Å². The topological polar surface area (TPSA) is 21.6 Å². The maximum absolute atomic E-state index is 5.94. The van der Waals surface area contributed by atoms with Crippen LogP contribution in [0.4, 0.5) is 0 Å². The predicted molar refractivity (Wildman–Crippen MR) is 128 cm³/mol. The number of allylic oxidation sites excluding steroid dienone is 4. The van der Waals surface area contributed by atoms with Gasteiger partial charge in [0, 0.05) is 29.9 Å². The Balaban J connectivity index is 1.56. The number of hydrogen-bond acceptors (Lipinski definition) is 2. The van der Waals surface area contributed by atoms with E-state index in [1.54, 1.807) is 0 Å². The lowest BCUT2D eigenvalue weighted by Crippen LogP contribution is -2.26. The van der Waals surface area contributed by atoms with Gasteiger partial charge in [0.2, 0.25) is 0 Å². The molecule has 1 heterocycles. The number of ether oxygens (including phenoxy) is 1. The monoisotopic (exact) mass is 403 g/mol. The second-order valence-electron chi connectivity index (χ2n) is 9.01. The van der Waals surface area contributed by atoms with Crippen LogP contribution in [0.1, 0.15) is 83.1 Å². The largest absolute Gasteiger partial charge is 0.377 e. The van der Waals surface area contributed by atoms with E-state index in [9.17, 15) is 0 Å². The summed E-state index contributed by atoms with van der Waals surface area (Å²) in [7, 11) is 1.87. The van der Waals surface area contributed by atoms with Gasteiger partial charge < -0.3 is 4.74 Å². The highest BCUT2D eigenvalue weighted by Gasteiger charge is 2.37. The number of benzene rings is 1. The number of aliphatic imine (C=N–C) groups is 1. The third kappa shape index (κ3) is 4.54. The van der Waals surface area contributed by atoms with E-state index in [2.05, 4.69) is 49.4 Å². The molecule has 1 aromatic rings. The van der Waals surface area contributed by atoms with Crippen LogP contribution < -0.4 is 0 Å². The first-order chi connectivity index (χ1) is 14.8. The minimum absolute atomic E-state index is 0.213. The summed E-state index contributed by atoms with van der Waals surface area (Å²) < 4.78 is 5.94. The van der Waals surface area contributed by atoms with Gasteiger partial charge in [-0.3, -0.25) is 4.99 Å². The molecule has 0 radical (unpaired) electrons. The van der Waals surface area contributed by atoms with Gasteiger partial charge in [0.25, 0.3) is 0 Å². The van der Waals surface area contributed by atoms with Crippen LogP contribution >= 0.6 is 0 Å². The molecular formula is C28H37NO. The van der Waals surface area contributed by atoms with E-state index in [0.29, 0.717) is 5.92 Å². The molecule has 4 rings (SSSR count). The molecule has 2 heteroatoms. The summed E-state index contributed by atoms with van der Waals surface area (Å²) in [6.07, 6.45) is 19.2. The highest BCUT2D eigenvalue weighted by Crippen LogP contribution is 2.46. The average molecular weight is 404 g/mol. The van der Waals surface area contributed by atoms with Crippen molar-refractivity contribution in [2.24, 2.45) is 10.9 Å². The Morgan fingerprint density at radius 3 is 2.50 bits per heavy atom. The summed E-state index contributed by atoms with van der Waals surface area (Å²) >= 11 is 0. The maximum Gasteiger partial charge on any atom is 0.0842 e. The molecule has 160 valence electrons. The number of rotatable bonds is 10. The first-order valence-electron chi connectivity index (χ1n) is 12.2. The Morgan fingerprint density at radius 1 is 0.967 bits per heavy atom. The number of unbranched alkanes of at least 4 members (excludes halogenated alkanes) is 6. The quantitative estimate of drug-likeness (QED) is 0.367. The summed E-state index contributed by atoms with van der Waals surface area (Å²) in [6, 6.07) is 10.8. The summed E-state index contributed by atoms with van der Waals surface area (Å²) in [5.41, 5.74) is 7.97. The second-order valence-corrected chi connectivity index (χ2v) is 9.01. The molecule has 1 aliphatic heterocycles. The van der Waals surface area contributed by atoms with Crippen molar-refractivity contribution in [3.05, 3.63) is 64.9 Å². The van der Waals surface area contributed by atoms with E-state index in [4.69, 9.17) is 9.73 Å². The van der Waals surface area contributed by atoms with Crippen molar-refractivity contribution in [1.82, 2.24) is 0 Å². The van der Waals surface area contributed by atoms with E-state index in [1.807, 2.05) is 7.11 Å². The summed E-state index contributed by atoms with van der Waals surface area (Å²) in [5.74, 6) is 0.482. The van der Waals surface area contributed by atoms with Gasteiger partial charge in [-0.2, -0.15) is 0 Å². The lowest BCUT2D eigenvalue weighted by molar-refractivity contribution is 0.122. The number of fused-ring (bicyclic) bond motifs is 2. The normalized spacial score (nSPS) is 22.9. The highest BCUT2D eigenvalue weighted by molar-refractivity contribution is 6.08. The molecule has 0 spiro atoms. The molecule has 1 fully saturated rings. The van der Waals surface area contributed by atoms with Crippen LogP contribution in [0.15, 0.2) is 64.3 Å². The Morgan fingerprint density at radius 2 is 1.73 bits per heavy atom. The first kappa shape index (κ1) is 21.3. The zero-order valence-corrected chi connectivity index (χ0v) is 18.8. The Kier molecular flexibility index (Phi) is 7.38. The van der Waals surface area contributed by atoms with Crippen LogP contribution in [-0.4, -0.2) is 18.9 Å². The van der Waals surface area contributed by atoms with E-state index in [-0.39, 0.29) is 6.10 Å². The van der Waals surface area contributed by atoms with Gasteiger partial charge in [0.15, 0.2) is 0 Å². The van der Waals surface area contributed by atoms with Crippen molar-refractivity contribution in [2.75, 3.05) is 7.11 Å². The van der Waals surface area contributed by atoms with Crippen molar-refractivity contribution in [3.63, 3.8) is 0 Å². The third-order valence-corrected chi connectivity index (χ3v) is 6.91. The van der Waals surface area contributed by atoms with E-state index < -0.39 is 0 Å². The lowest BCUT2D eigenvalue weighted by Gasteiger charge is -2.28. The molecule has 0 aromatic heterocycles. The molecular weight excluding hydrogens is 366 g/mol.